The molecule has 0 rings (SSSR count). The van der Waals surface area contributed by atoms with Crippen molar-refractivity contribution in [1.82, 2.24) is 4.31 Å². The van der Waals surface area contributed by atoms with Gasteiger partial charge in [-0.1, -0.05) is 6.08 Å². The summed E-state index contributed by atoms with van der Waals surface area (Å²) >= 11 is 0. The summed E-state index contributed by atoms with van der Waals surface area (Å²) in [6, 6.07) is 0. The van der Waals surface area contributed by atoms with Crippen molar-refractivity contribution >= 4 is 22.0 Å². The van der Waals surface area contributed by atoms with Gasteiger partial charge in [0.1, 0.15) is 6.54 Å². The first-order valence-electron chi connectivity index (χ1n) is 4.70. The number of aliphatic carboxylic acids is 1. The summed E-state index contributed by atoms with van der Waals surface area (Å²) in [7, 11) is -2.66. The van der Waals surface area contributed by atoms with E-state index in [1.165, 1.54) is 6.08 Å². The highest BCUT2D eigenvalue weighted by Crippen LogP contribution is 2.04. The Balaban J connectivity index is 4.65. The van der Waals surface area contributed by atoms with Crippen molar-refractivity contribution in [3.05, 3.63) is 12.7 Å². The zero-order valence-corrected chi connectivity index (χ0v) is 10.3. The van der Waals surface area contributed by atoms with Crippen LogP contribution in [-0.4, -0.2) is 55.7 Å². The van der Waals surface area contributed by atoms with Crippen molar-refractivity contribution in [2.45, 2.75) is 6.42 Å². The summed E-state index contributed by atoms with van der Waals surface area (Å²) in [4.78, 5) is 21.3. The maximum absolute atomic E-state index is 11.7. The average Bonchev–Trinajstić information content (AvgIpc) is 2.25. The number of ether oxygens (including phenoxy) is 1. The highest BCUT2D eigenvalue weighted by atomic mass is 32.2. The molecule has 0 aliphatic carbocycles. The number of carbonyl (C=O) groups is 2. The summed E-state index contributed by atoms with van der Waals surface area (Å²) in [6.45, 7) is 2.57. The van der Waals surface area contributed by atoms with Gasteiger partial charge >= 0.3 is 11.9 Å². The Labute approximate surface area is 99.7 Å². The van der Waals surface area contributed by atoms with Gasteiger partial charge in [-0.15, -0.1) is 6.58 Å². The highest BCUT2D eigenvalue weighted by Gasteiger charge is 2.24. The molecule has 0 aliphatic rings. The Morgan fingerprint density at radius 1 is 1.47 bits per heavy atom. The third kappa shape index (κ3) is 6.03. The van der Waals surface area contributed by atoms with Crippen LogP contribution >= 0.6 is 0 Å². The molecule has 0 bridgehead atoms. The fourth-order valence-electron chi connectivity index (χ4n) is 1.01. The Kier molecular flexibility index (Phi) is 6.44. The Morgan fingerprint density at radius 3 is 2.47 bits per heavy atom. The molecular formula is C9H15NO6S. The quantitative estimate of drug-likeness (QED) is 0.467. The molecule has 0 saturated heterocycles. The zero-order valence-electron chi connectivity index (χ0n) is 9.46. The van der Waals surface area contributed by atoms with Crippen LogP contribution in [0.4, 0.5) is 0 Å². The SMILES string of the molecule is C=CCN(CC(=O)O)S(=O)(=O)CCC(=O)OC. The van der Waals surface area contributed by atoms with Gasteiger partial charge in [-0.3, -0.25) is 9.59 Å². The second-order valence-electron chi connectivity index (χ2n) is 3.12. The summed E-state index contributed by atoms with van der Waals surface area (Å²) in [5.74, 6) is -2.42. The van der Waals surface area contributed by atoms with E-state index in [-0.39, 0.29) is 13.0 Å². The van der Waals surface area contributed by atoms with Gasteiger partial charge in [0.2, 0.25) is 10.0 Å². The third-order valence-corrected chi connectivity index (χ3v) is 3.61. The van der Waals surface area contributed by atoms with Gasteiger partial charge in [-0.05, 0) is 0 Å². The minimum Gasteiger partial charge on any atom is -0.480 e. The molecule has 8 heteroatoms. The molecule has 0 spiro atoms. The van der Waals surface area contributed by atoms with Crippen LogP contribution in [0.2, 0.25) is 0 Å². The van der Waals surface area contributed by atoms with Gasteiger partial charge in [0.25, 0.3) is 0 Å². The lowest BCUT2D eigenvalue weighted by molar-refractivity contribution is -0.140. The molecule has 0 saturated carbocycles. The van der Waals surface area contributed by atoms with Crippen LogP contribution in [0, 0.1) is 0 Å². The lowest BCUT2D eigenvalue weighted by Gasteiger charge is -2.17. The van der Waals surface area contributed by atoms with E-state index < -0.39 is 34.3 Å². The van der Waals surface area contributed by atoms with E-state index >= 15 is 0 Å². The molecule has 0 radical (unpaired) electrons. The first kappa shape index (κ1) is 15.6. The molecule has 0 unspecified atom stereocenters. The van der Waals surface area contributed by atoms with Crippen molar-refractivity contribution in [2.75, 3.05) is 26.0 Å². The number of esters is 1. The topological polar surface area (TPSA) is 101 Å². The molecule has 0 aromatic heterocycles. The van der Waals surface area contributed by atoms with Gasteiger partial charge in [-0.25, -0.2) is 8.42 Å². The zero-order chi connectivity index (χ0) is 13.5. The van der Waals surface area contributed by atoms with Crippen molar-refractivity contribution in [1.29, 1.82) is 0 Å². The van der Waals surface area contributed by atoms with E-state index in [1.807, 2.05) is 0 Å². The summed E-state index contributed by atoms with van der Waals surface area (Å²) in [5, 5.41) is 8.57. The number of sulfonamides is 1. The number of carbonyl (C=O) groups excluding carboxylic acids is 1. The molecule has 0 aromatic carbocycles. The largest absolute Gasteiger partial charge is 0.480 e. The van der Waals surface area contributed by atoms with E-state index in [0.29, 0.717) is 0 Å². The van der Waals surface area contributed by atoms with E-state index in [9.17, 15) is 18.0 Å². The molecule has 1 N–H and O–H groups in total. The number of carboxylic acids is 1. The van der Waals surface area contributed by atoms with Crippen LogP contribution in [0.3, 0.4) is 0 Å². The summed E-state index contributed by atoms with van der Waals surface area (Å²) in [6.07, 6.45) is 0.963. The fourth-order valence-corrected chi connectivity index (χ4v) is 2.34. The minimum atomic E-state index is -3.80. The van der Waals surface area contributed by atoms with Crippen LogP contribution in [0.25, 0.3) is 0 Å². The van der Waals surface area contributed by atoms with Crippen LogP contribution in [-0.2, 0) is 24.3 Å². The van der Waals surface area contributed by atoms with Gasteiger partial charge in [-0.2, -0.15) is 4.31 Å². The van der Waals surface area contributed by atoms with E-state index in [4.69, 9.17) is 5.11 Å². The summed E-state index contributed by atoms with van der Waals surface area (Å²) in [5.41, 5.74) is 0. The summed E-state index contributed by atoms with van der Waals surface area (Å²) < 4.78 is 28.4. The minimum absolute atomic E-state index is 0.115. The second-order valence-corrected chi connectivity index (χ2v) is 5.21. The first-order chi connectivity index (χ1) is 7.83. The number of hydrogen-bond donors (Lipinski definition) is 1. The smallest absolute Gasteiger partial charge is 0.318 e. The Bertz CT molecular complexity index is 388. The molecule has 17 heavy (non-hydrogen) atoms. The first-order valence-corrected chi connectivity index (χ1v) is 6.31. The maximum atomic E-state index is 11.7. The van der Waals surface area contributed by atoms with Gasteiger partial charge in [0.15, 0.2) is 0 Å². The molecule has 7 nitrogen and oxygen atoms in total. The molecular weight excluding hydrogens is 250 g/mol. The Morgan fingerprint density at radius 2 is 2.06 bits per heavy atom. The molecule has 0 atom stereocenters. The van der Waals surface area contributed by atoms with Crippen molar-refractivity contribution in [2.24, 2.45) is 0 Å². The number of rotatable bonds is 8. The van der Waals surface area contributed by atoms with E-state index in [0.717, 1.165) is 11.4 Å². The second kappa shape index (κ2) is 7.02. The van der Waals surface area contributed by atoms with Crippen molar-refractivity contribution in [3.63, 3.8) is 0 Å². The average molecular weight is 265 g/mol. The number of methoxy groups -OCH3 is 1. The van der Waals surface area contributed by atoms with Gasteiger partial charge < -0.3 is 9.84 Å². The van der Waals surface area contributed by atoms with Crippen LogP contribution in [0.1, 0.15) is 6.42 Å². The fraction of sp³-hybridized carbons (Fsp3) is 0.556. The van der Waals surface area contributed by atoms with Crippen LogP contribution < -0.4 is 0 Å². The molecule has 0 aromatic rings. The van der Waals surface area contributed by atoms with Gasteiger partial charge in [0, 0.05) is 6.54 Å². The van der Waals surface area contributed by atoms with Crippen LogP contribution in [0.5, 0.6) is 0 Å². The Hall–Kier alpha value is -1.41. The normalized spacial score (nSPS) is 11.2. The lowest BCUT2D eigenvalue weighted by Crippen LogP contribution is -2.37. The predicted octanol–water partition coefficient (Wildman–Crippen LogP) is -0.548. The highest BCUT2D eigenvalue weighted by molar-refractivity contribution is 7.89. The van der Waals surface area contributed by atoms with Crippen molar-refractivity contribution in [3.8, 4) is 0 Å². The third-order valence-electron chi connectivity index (χ3n) is 1.83. The lowest BCUT2D eigenvalue weighted by atomic mass is 10.5. The molecule has 98 valence electrons. The van der Waals surface area contributed by atoms with Gasteiger partial charge in [0.05, 0.1) is 19.3 Å². The standard InChI is InChI=1S/C9H15NO6S/c1-3-5-10(7-8(11)12)17(14,15)6-4-9(13)16-2/h3H,1,4-7H2,2H3,(H,11,12). The number of nitrogens with zero attached hydrogens (tertiary/aromatic N) is 1. The monoisotopic (exact) mass is 265 g/mol. The molecule has 0 amide bonds. The number of hydrogen-bond acceptors (Lipinski definition) is 5. The molecule has 0 aliphatic heterocycles. The van der Waals surface area contributed by atoms with E-state index in [1.54, 1.807) is 0 Å². The molecule has 0 fully saturated rings. The van der Waals surface area contributed by atoms with Crippen molar-refractivity contribution < 1.29 is 27.9 Å². The van der Waals surface area contributed by atoms with E-state index in [2.05, 4.69) is 11.3 Å². The predicted molar refractivity (Wildman–Crippen MR) is 59.8 cm³/mol. The molecule has 0 heterocycles. The number of carboxylic acid groups (broad SMARTS) is 1. The van der Waals surface area contributed by atoms with Crippen LogP contribution in [0.15, 0.2) is 12.7 Å². The maximum Gasteiger partial charge on any atom is 0.318 e.